The van der Waals surface area contributed by atoms with E-state index in [1.165, 1.54) is 0 Å². The molecule has 1 N–H and O–H groups in total. The number of aromatic nitrogens is 3. The van der Waals surface area contributed by atoms with Gasteiger partial charge in [0.1, 0.15) is 11.7 Å². The van der Waals surface area contributed by atoms with Gasteiger partial charge in [0.05, 0.1) is 5.52 Å². The second-order valence-electron chi connectivity index (χ2n) is 5.87. The van der Waals surface area contributed by atoms with E-state index in [9.17, 15) is 4.79 Å². The number of amides is 1. The minimum Gasteiger partial charge on any atom is -0.330 e. The van der Waals surface area contributed by atoms with E-state index in [2.05, 4.69) is 22.6 Å². The van der Waals surface area contributed by atoms with Crippen molar-refractivity contribution >= 4 is 16.9 Å². The van der Waals surface area contributed by atoms with E-state index in [1.807, 2.05) is 59.3 Å². The van der Waals surface area contributed by atoms with Crippen LogP contribution in [0.3, 0.4) is 0 Å². The van der Waals surface area contributed by atoms with Gasteiger partial charge in [-0.2, -0.15) is 0 Å². The molecule has 0 aliphatic heterocycles. The molecule has 1 aromatic heterocycles. The normalized spacial score (nSPS) is 12.2. The predicted octanol–water partition coefficient (Wildman–Crippen LogP) is 3.94. The van der Waals surface area contributed by atoms with Crippen LogP contribution in [0.4, 0.5) is 0 Å². The van der Waals surface area contributed by atoms with E-state index in [4.69, 9.17) is 0 Å². The Hall–Kier alpha value is -2.69. The summed E-state index contributed by atoms with van der Waals surface area (Å²) in [5.41, 5.74) is 2.43. The molecule has 2 aromatic carbocycles. The molecule has 0 saturated carbocycles. The van der Waals surface area contributed by atoms with Gasteiger partial charge in [-0.15, -0.1) is 5.10 Å². The molecule has 0 aliphatic rings. The Morgan fingerprint density at radius 1 is 1.08 bits per heavy atom. The minimum absolute atomic E-state index is 0.0864. The summed E-state index contributed by atoms with van der Waals surface area (Å²) in [5, 5.41) is 11.6. The molecule has 24 heavy (non-hydrogen) atoms. The van der Waals surface area contributed by atoms with E-state index in [-0.39, 0.29) is 12.1 Å². The maximum atomic E-state index is 12.5. The predicted molar refractivity (Wildman–Crippen MR) is 94.6 cm³/mol. The van der Waals surface area contributed by atoms with Gasteiger partial charge < -0.3 is 5.32 Å². The highest BCUT2D eigenvalue weighted by Crippen LogP contribution is 2.19. The first-order chi connectivity index (χ1) is 11.8. The van der Waals surface area contributed by atoms with E-state index >= 15 is 0 Å². The molecule has 5 heteroatoms. The lowest BCUT2D eigenvalue weighted by molar-refractivity contribution is 0.0912. The van der Waals surface area contributed by atoms with E-state index in [1.54, 1.807) is 0 Å². The Balaban J connectivity index is 1.84. The highest BCUT2D eigenvalue weighted by atomic mass is 16.1. The molecule has 0 aliphatic carbocycles. The number of carbonyl (C=O) groups excluding carboxylic acids is 1. The highest BCUT2D eigenvalue weighted by Gasteiger charge is 2.18. The van der Waals surface area contributed by atoms with Crippen LogP contribution >= 0.6 is 0 Å². The molecule has 3 rings (SSSR count). The van der Waals surface area contributed by atoms with Crippen molar-refractivity contribution < 1.29 is 4.79 Å². The lowest BCUT2D eigenvalue weighted by atomic mass is 10.1. The van der Waals surface area contributed by atoms with Gasteiger partial charge in [-0.3, -0.25) is 4.79 Å². The molecule has 124 valence electrons. The van der Waals surface area contributed by atoms with Crippen LogP contribution in [0.1, 0.15) is 49.1 Å². The average molecular weight is 322 g/mol. The van der Waals surface area contributed by atoms with Crippen LogP contribution in [0.15, 0.2) is 54.6 Å². The molecular weight excluding hydrogens is 300 g/mol. The third-order valence-corrected chi connectivity index (χ3v) is 4.09. The van der Waals surface area contributed by atoms with Gasteiger partial charge in [-0.25, -0.2) is 4.68 Å². The number of carbonyl (C=O) groups is 1. The van der Waals surface area contributed by atoms with Gasteiger partial charge >= 0.3 is 0 Å². The van der Waals surface area contributed by atoms with Crippen molar-refractivity contribution in [3.8, 4) is 0 Å². The topological polar surface area (TPSA) is 59.8 Å². The fourth-order valence-corrected chi connectivity index (χ4v) is 2.78. The van der Waals surface area contributed by atoms with Crippen LogP contribution < -0.4 is 5.32 Å². The molecule has 0 unspecified atom stereocenters. The molecule has 5 nitrogen and oxygen atoms in total. The van der Waals surface area contributed by atoms with Gasteiger partial charge in [-0.05, 0) is 37.1 Å². The maximum Gasteiger partial charge on any atom is 0.252 e. The Bertz CT molecular complexity index is 797. The maximum absolute atomic E-state index is 12.5. The second kappa shape index (κ2) is 7.73. The molecular formula is C19H22N4O. The van der Waals surface area contributed by atoms with Gasteiger partial charge in [0.25, 0.3) is 5.91 Å². The number of rotatable bonds is 7. The molecule has 3 aromatic rings. The molecule has 0 saturated heterocycles. The minimum atomic E-state index is -0.198. The molecule has 0 bridgehead atoms. The number of fused-ring (bicyclic) bond motifs is 1. The number of para-hydroxylation sites is 1. The number of hydrogen-bond acceptors (Lipinski definition) is 3. The van der Waals surface area contributed by atoms with Crippen molar-refractivity contribution in [1.82, 2.24) is 20.3 Å². The van der Waals surface area contributed by atoms with Crippen molar-refractivity contribution in [2.75, 3.05) is 0 Å². The van der Waals surface area contributed by atoms with Crippen LogP contribution in [0.5, 0.6) is 0 Å². The van der Waals surface area contributed by atoms with Crippen LogP contribution in [0, 0.1) is 0 Å². The molecule has 1 heterocycles. The van der Waals surface area contributed by atoms with Crippen LogP contribution in [-0.2, 0) is 0 Å². The molecule has 1 atom stereocenters. The van der Waals surface area contributed by atoms with Crippen LogP contribution in [0.25, 0.3) is 11.0 Å². The summed E-state index contributed by atoms with van der Waals surface area (Å²) < 4.78 is 1.83. The summed E-state index contributed by atoms with van der Waals surface area (Å²) in [7, 11) is 0. The van der Waals surface area contributed by atoms with Crippen molar-refractivity contribution in [2.24, 2.45) is 0 Å². The zero-order chi connectivity index (χ0) is 16.8. The van der Waals surface area contributed by atoms with Gasteiger partial charge in [0.15, 0.2) is 0 Å². The summed E-state index contributed by atoms with van der Waals surface area (Å²) in [6.07, 6.45) is 3.93. The quantitative estimate of drug-likeness (QED) is 0.670. The zero-order valence-corrected chi connectivity index (χ0v) is 13.9. The molecule has 0 fully saturated rings. The van der Waals surface area contributed by atoms with E-state index in [0.29, 0.717) is 5.56 Å². The lowest BCUT2D eigenvalue weighted by Crippen LogP contribution is -2.33. The zero-order valence-electron chi connectivity index (χ0n) is 13.9. The van der Waals surface area contributed by atoms with Crippen molar-refractivity contribution in [3.63, 3.8) is 0 Å². The Morgan fingerprint density at radius 3 is 2.62 bits per heavy atom. The monoisotopic (exact) mass is 322 g/mol. The molecule has 0 radical (unpaired) electrons. The third-order valence-electron chi connectivity index (χ3n) is 4.09. The molecule has 0 spiro atoms. The van der Waals surface area contributed by atoms with Gasteiger partial charge in [-0.1, -0.05) is 55.3 Å². The fourth-order valence-electron chi connectivity index (χ4n) is 2.78. The first-order valence-electron chi connectivity index (χ1n) is 8.45. The summed E-state index contributed by atoms with van der Waals surface area (Å²) in [5.74, 6) is -0.0864. The van der Waals surface area contributed by atoms with Gasteiger partial charge in [0, 0.05) is 5.56 Å². The van der Waals surface area contributed by atoms with Crippen LogP contribution in [0.2, 0.25) is 0 Å². The van der Waals surface area contributed by atoms with Gasteiger partial charge in [0.2, 0.25) is 0 Å². The van der Waals surface area contributed by atoms with E-state index < -0.39 is 0 Å². The summed E-state index contributed by atoms with van der Waals surface area (Å²) >= 11 is 0. The smallest absolute Gasteiger partial charge is 0.252 e. The Morgan fingerprint density at radius 2 is 1.83 bits per heavy atom. The summed E-state index contributed by atoms with van der Waals surface area (Å²) in [4.78, 5) is 12.5. The first-order valence-corrected chi connectivity index (χ1v) is 8.45. The summed E-state index contributed by atoms with van der Waals surface area (Å²) in [6.45, 7) is 2.17. The summed E-state index contributed by atoms with van der Waals surface area (Å²) in [6, 6.07) is 17.1. The second-order valence-corrected chi connectivity index (χ2v) is 5.87. The highest BCUT2D eigenvalue weighted by molar-refractivity contribution is 5.94. The number of nitrogens with one attached hydrogen (secondary N) is 1. The largest absolute Gasteiger partial charge is 0.330 e. The SMILES string of the molecule is CCCCC[C@@H](NC(=O)c1ccccc1)n1nnc2ccccc21. The average Bonchev–Trinajstić information content (AvgIpc) is 3.06. The fraction of sp³-hybridized carbons (Fsp3) is 0.316. The number of unbranched alkanes of at least 4 members (excludes halogenated alkanes) is 2. The van der Waals surface area contributed by atoms with Crippen molar-refractivity contribution in [1.29, 1.82) is 0 Å². The standard InChI is InChI=1S/C19H22N4O/c1-2-3-5-14-18(20-19(24)15-10-6-4-7-11-15)23-17-13-9-8-12-16(17)21-22-23/h4,6-13,18H,2-3,5,14H2,1H3,(H,20,24)/t18-/m0/s1. The third kappa shape index (κ3) is 3.62. The first kappa shape index (κ1) is 16.2. The Kier molecular flexibility index (Phi) is 5.21. The van der Waals surface area contributed by atoms with E-state index in [0.717, 1.165) is 36.7 Å². The number of hydrogen-bond donors (Lipinski definition) is 1. The van der Waals surface area contributed by atoms with Crippen molar-refractivity contribution in [3.05, 3.63) is 60.2 Å². The van der Waals surface area contributed by atoms with Crippen molar-refractivity contribution in [2.45, 2.75) is 38.8 Å². The number of benzene rings is 2. The lowest BCUT2D eigenvalue weighted by Gasteiger charge is -2.19. The Labute approximate surface area is 141 Å². The van der Waals surface area contributed by atoms with Crippen LogP contribution in [-0.4, -0.2) is 20.9 Å². The molecule has 1 amide bonds. The number of nitrogens with zero attached hydrogens (tertiary/aromatic N) is 3.